The Hall–Kier alpha value is -1.85. The van der Waals surface area contributed by atoms with E-state index in [4.69, 9.17) is 4.74 Å². The van der Waals surface area contributed by atoms with Crippen molar-refractivity contribution in [3.05, 3.63) is 36.5 Å². The lowest BCUT2D eigenvalue weighted by Gasteiger charge is -2.38. The molecule has 2 aliphatic rings. The number of nitrogens with one attached hydrogen (secondary N) is 1. The zero-order valence-corrected chi connectivity index (χ0v) is 15.0. The van der Waals surface area contributed by atoms with Crippen LogP contribution in [0.5, 0.6) is 0 Å². The molecule has 0 radical (unpaired) electrons. The Morgan fingerprint density at radius 2 is 1.96 bits per heavy atom. The summed E-state index contributed by atoms with van der Waals surface area (Å²) < 4.78 is 5.79. The average Bonchev–Trinajstić information content (AvgIpc) is 3.36. The molecular formula is C20H28N4O. The van der Waals surface area contributed by atoms with Gasteiger partial charge in [0.25, 0.3) is 0 Å². The van der Waals surface area contributed by atoms with Gasteiger partial charge in [0.1, 0.15) is 0 Å². The van der Waals surface area contributed by atoms with E-state index in [2.05, 4.69) is 51.3 Å². The number of nitrogens with zero attached hydrogens (tertiary/aromatic N) is 3. The van der Waals surface area contributed by atoms with Gasteiger partial charge < -0.3 is 14.5 Å². The summed E-state index contributed by atoms with van der Waals surface area (Å²) in [5.74, 6) is 0. The van der Waals surface area contributed by atoms with E-state index in [9.17, 15) is 0 Å². The van der Waals surface area contributed by atoms with Gasteiger partial charge in [0.05, 0.1) is 11.8 Å². The van der Waals surface area contributed by atoms with Crippen LogP contribution in [0.15, 0.2) is 36.5 Å². The number of anilines is 1. The monoisotopic (exact) mass is 340 g/mol. The van der Waals surface area contributed by atoms with Crippen LogP contribution in [0.1, 0.15) is 25.7 Å². The van der Waals surface area contributed by atoms with Crippen LogP contribution in [-0.4, -0.2) is 60.5 Å². The molecule has 0 spiro atoms. The normalized spacial score (nSPS) is 22.0. The number of benzene rings is 1. The molecule has 25 heavy (non-hydrogen) atoms. The van der Waals surface area contributed by atoms with E-state index in [0.717, 1.165) is 31.9 Å². The molecule has 5 nitrogen and oxygen atoms in total. The Morgan fingerprint density at radius 3 is 2.60 bits per heavy atom. The topological polar surface area (TPSA) is 44.4 Å². The molecule has 5 heteroatoms. The summed E-state index contributed by atoms with van der Waals surface area (Å²) in [6, 6.07) is 11.5. The zero-order valence-electron chi connectivity index (χ0n) is 15.0. The van der Waals surface area contributed by atoms with Crippen molar-refractivity contribution in [2.45, 2.75) is 37.8 Å². The molecule has 0 aliphatic carbocycles. The van der Waals surface area contributed by atoms with Crippen molar-refractivity contribution in [2.75, 3.05) is 38.2 Å². The van der Waals surface area contributed by atoms with Crippen molar-refractivity contribution in [1.29, 1.82) is 0 Å². The van der Waals surface area contributed by atoms with E-state index in [1.54, 1.807) is 6.20 Å². The minimum atomic E-state index is 0.457. The first-order chi connectivity index (χ1) is 12.3. The molecule has 1 aromatic carbocycles. The molecule has 1 N–H and O–H groups in total. The summed E-state index contributed by atoms with van der Waals surface area (Å²) in [6.45, 7) is 4.29. The number of hydrogen-bond acceptors (Lipinski definition) is 4. The number of ether oxygens (including phenoxy) is 1. The maximum atomic E-state index is 5.79. The lowest BCUT2D eigenvalue weighted by molar-refractivity contribution is 0.0636. The van der Waals surface area contributed by atoms with Gasteiger partial charge in [-0.3, -0.25) is 5.10 Å². The van der Waals surface area contributed by atoms with Crippen LogP contribution in [0.25, 0.3) is 11.3 Å². The number of aromatic nitrogens is 2. The maximum Gasteiger partial charge on any atom is 0.0702 e. The highest BCUT2D eigenvalue weighted by Crippen LogP contribution is 2.26. The number of piperidine rings is 1. The summed E-state index contributed by atoms with van der Waals surface area (Å²) in [7, 11) is 2.27. The van der Waals surface area contributed by atoms with E-state index in [1.165, 1.54) is 36.9 Å². The molecule has 134 valence electrons. The van der Waals surface area contributed by atoms with Crippen molar-refractivity contribution in [2.24, 2.45) is 0 Å². The lowest BCUT2D eigenvalue weighted by atomic mass is 10.0. The third-order valence-corrected chi connectivity index (χ3v) is 5.65. The van der Waals surface area contributed by atoms with Gasteiger partial charge in [-0.1, -0.05) is 12.1 Å². The number of hydrogen-bond donors (Lipinski definition) is 1. The molecule has 1 atom stereocenters. The second kappa shape index (κ2) is 7.58. The van der Waals surface area contributed by atoms with Gasteiger partial charge in [-0.15, -0.1) is 0 Å². The predicted molar refractivity (Wildman–Crippen MR) is 101 cm³/mol. The highest BCUT2D eigenvalue weighted by Gasteiger charge is 2.25. The second-order valence-electron chi connectivity index (χ2n) is 7.31. The molecule has 0 bridgehead atoms. The van der Waals surface area contributed by atoms with Crippen LogP contribution in [0.2, 0.25) is 0 Å². The van der Waals surface area contributed by atoms with Crippen LogP contribution >= 0.6 is 0 Å². The third-order valence-electron chi connectivity index (χ3n) is 5.65. The highest BCUT2D eigenvalue weighted by atomic mass is 16.5. The highest BCUT2D eigenvalue weighted by molar-refractivity contribution is 5.62. The average molecular weight is 340 g/mol. The fourth-order valence-electron chi connectivity index (χ4n) is 4.09. The molecule has 0 amide bonds. The first kappa shape index (κ1) is 16.6. The molecule has 1 aromatic heterocycles. The maximum absolute atomic E-state index is 5.79. The molecular weight excluding hydrogens is 312 g/mol. The predicted octanol–water partition coefficient (Wildman–Crippen LogP) is 3.16. The largest absolute Gasteiger partial charge is 0.377 e. The van der Waals surface area contributed by atoms with Gasteiger partial charge in [0.15, 0.2) is 0 Å². The Balaban J connectivity index is 1.30. The van der Waals surface area contributed by atoms with Crippen molar-refractivity contribution >= 4 is 5.69 Å². The standard InChI is InChI=1S/C20H28N4O/c1-23(15-19-3-2-14-25-19)17-9-12-24(13-10-17)18-6-4-16(5-7-18)20-8-11-21-22-20/h4-8,11,17,19H,2-3,9-10,12-15H2,1H3,(H,21,22). The molecule has 1 unspecified atom stereocenters. The van der Waals surface area contributed by atoms with Crippen molar-refractivity contribution < 1.29 is 4.74 Å². The fraction of sp³-hybridized carbons (Fsp3) is 0.550. The summed E-state index contributed by atoms with van der Waals surface area (Å²) in [5, 5.41) is 7.04. The van der Waals surface area contributed by atoms with Crippen LogP contribution in [-0.2, 0) is 4.74 Å². The first-order valence-corrected chi connectivity index (χ1v) is 9.46. The molecule has 0 saturated carbocycles. The quantitative estimate of drug-likeness (QED) is 0.908. The van der Waals surface area contributed by atoms with Gasteiger partial charge >= 0.3 is 0 Å². The molecule has 3 heterocycles. The Labute approximate surface area is 150 Å². The third kappa shape index (κ3) is 3.88. The number of likely N-dealkylation sites (N-methyl/N-ethyl adjacent to an activating group) is 1. The number of rotatable bonds is 5. The van der Waals surface area contributed by atoms with Gasteiger partial charge in [0, 0.05) is 44.2 Å². The molecule has 4 rings (SSSR count). The fourth-order valence-corrected chi connectivity index (χ4v) is 4.09. The SMILES string of the molecule is CN(CC1CCCO1)C1CCN(c2ccc(-c3ccn[nH]3)cc2)CC1. The molecule has 2 aliphatic heterocycles. The van der Waals surface area contributed by atoms with Gasteiger partial charge in [-0.2, -0.15) is 5.10 Å². The van der Waals surface area contributed by atoms with E-state index < -0.39 is 0 Å². The minimum Gasteiger partial charge on any atom is -0.377 e. The summed E-state index contributed by atoms with van der Waals surface area (Å²) in [5.41, 5.74) is 3.58. The molecule has 2 saturated heterocycles. The van der Waals surface area contributed by atoms with E-state index in [0.29, 0.717) is 12.1 Å². The van der Waals surface area contributed by atoms with Crippen molar-refractivity contribution in [1.82, 2.24) is 15.1 Å². The zero-order chi connectivity index (χ0) is 17.1. The minimum absolute atomic E-state index is 0.457. The van der Waals surface area contributed by atoms with Crippen molar-refractivity contribution in [3.63, 3.8) is 0 Å². The number of H-pyrrole nitrogens is 1. The van der Waals surface area contributed by atoms with E-state index in [1.807, 2.05) is 6.07 Å². The van der Waals surface area contributed by atoms with E-state index >= 15 is 0 Å². The summed E-state index contributed by atoms with van der Waals surface area (Å²) in [4.78, 5) is 5.03. The number of aromatic amines is 1. The van der Waals surface area contributed by atoms with Gasteiger partial charge in [0.2, 0.25) is 0 Å². The van der Waals surface area contributed by atoms with Crippen LogP contribution in [0, 0.1) is 0 Å². The first-order valence-electron chi connectivity index (χ1n) is 9.46. The lowest BCUT2D eigenvalue weighted by Crippen LogP contribution is -2.45. The van der Waals surface area contributed by atoms with Gasteiger partial charge in [-0.05, 0) is 56.5 Å². The summed E-state index contributed by atoms with van der Waals surface area (Å²) >= 11 is 0. The van der Waals surface area contributed by atoms with Gasteiger partial charge in [-0.25, -0.2) is 0 Å². The Bertz CT molecular complexity index is 641. The van der Waals surface area contributed by atoms with E-state index in [-0.39, 0.29) is 0 Å². The van der Waals surface area contributed by atoms with Crippen molar-refractivity contribution in [3.8, 4) is 11.3 Å². The van der Waals surface area contributed by atoms with Crippen LogP contribution in [0.4, 0.5) is 5.69 Å². The van der Waals surface area contributed by atoms with Crippen LogP contribution in [0.3, 0.4) is 0 Å². The molecule has 2 fully saturated rings. The smallest absolute Gasteiger partial charge is 0.0702 e. The second-order valence-corrected chi connectivity index (χ2v) is 7.31. The molecule has 2 aromatic rings. The van der Waals surface area contributed by atoms with Crippen LogP contribution < -0.4 is 4.90 Å². The Morgan fingerprint density at radius 1 is 1.16 bits per heavy atom. The Kier molecular flexibility index (Phi) is 5.04. The summed E-state index contributed by atoms with van der Waals surface area (Å²) in [6.07, 6.45) is 7.16.